The third kappa shape index (κ3) is 4.86. The van der Waals surface area contributed by atoms with E-state index in [-0.39, 0.29) is 11.4 Å². The van der Waals surface area contributed by atoms with Crippen LogP contribution in [0.3, 0.4) is 0 Å². The van der Waals surface area contributed by atoms with Crippen molar-refractivity contribution in [2.75, 3.05) is 19.0 Å². The first-order valence-corrected chi connectivity index (χ1v) is 5.45. The Morgan fingerprint density at radius 1 is 1.42 bits per heavy atom. The maximum absolute atomic E-state index is 11.9. The van der Waals surface area contributed by atoms with Crippen LogP contribution in [0.15, 0.2) is 12.1 Å². The third-order valence-corrected chi connectivity index (χ3v) is 2.49. The Kier molecular flexibility index (Phi) is 4.88. The smallest absolute Gasteiger partial charge is 0.422 e. The lowest BCUT2D eigenvalue weighted by Crippen LogP contribution is -2.23. The molecule has 0 saturated heterocycles. The van der Waals surface area contributed by atoms with Gasteiger partial charge in [0.05, 0.1) is 12.8 Å². The number of carbonyl (C=O) groups is 1. The lowest BCUT2D eigenvalue weighted by atomic mass is 10.2. The van der Waals surface area contributed by atoms with E-state index in [2.05, 4.69) is 10.1 Å². The number of anilines is 1. The van der Waals surface area contributed by atoms with E-state index in [1.165, 1.54) is 19.2 Å². The van der Waals surface area contributed by atoms with Crippen molar-refractivity contribution >= 4 is 23.4 Å². The molecule has 19 heavy (non-hydrogen) atoms. The predicted octanol–water partition coefficient (Wildman–Crippen LogP) is 3.77. The number of ether oxygens (including phenoxy) is 2. The van der Waals surface area contributed by atoms with Crippen LogP contribution in [-0.2, 0) is 4.74 Å². The molecule has 0 bridgehead atoms. The number of methoxy groups -OCH3 is 1. The van der Waals surface area contributed by atoms with Gasteiger partial charge in [-0.25, -0.2) is 4.79 Å². The molecule has 8 heteroatoms. The van der Waals surface area contributed by atoms with Crippen molar-refractivity contribution in [1.82, 2.24) is 0 Å². The van der Waals surface area contributed by atoms with Gasteiger partial charge in [-0.1, -0.05) is 11.6 Å². The molecule has 1 rings (SSSR count). The van der Waals surface area contributed by atoms with Crippen LogP contribution in [0, 0.1) is 6.92 Å². The number of alkyl halides is 3. The molecule has 0 unspecified atom stereocenters. The number of hydrogen-bond donors (Lipinski definition) is 1. The van der Waals surface area contributed by atoms with E-state index in [0.717, 1.165) is 0 Å². The highest BCUT2D eigenvalue weighted by molar-refractivity contribution is 6.31. The van der Waals surface area contributed by atoms with E-state index in [1.54, 1.807) is 6.92 Å². The first-order chi connectivity index (χ1) is 8.73. The Labute approximate surface area is 112 Å². The fraction of sp³-hybridized carbons (Fsp3) is 0.364. The fourth-order valence-corrected chi connectivity index (χ4v) is 1.38. The molecule has 1 aromatic carbocycles. The Balaban J connectivity index is 2.76. The quantitative estimate of drug-likeness (QED) is 0.924. The van der Waals surface area contributed by atoms with Crippen molar-refractivity contribution < 1.29 is 27.4 Å². The minimum Gasteiger partial charge on any atom is -0.495 e. The normalized spacial score (nSPS) is 11.1. The van der Waals surface area contributed by atoms with Crippen molar-refractivity contribution in [1.29, 1.82) is 0 Å². The summed E-state index contributed by atoms with van der Waals surface area (Å²) in [7, 11) is 1.34. The van der Waals surface area contributed by atoms with E-state index < -0.39 is 18.9 Å². The summed E-state index contributed by atoms with van der Waals surface area (Å²) in [5.74, 6) is 0.222. The molecule has 0 fully saturated rings. The molecular formula is C11H11ClF3NO3. The van der Waals surface area contributed by atoms with Crippen molar-refractivity contribution in [3.05, 3.63) is 22.7 Å². The summed E-state index contributed by atoms with van der Waals surface area (Å²) in [6, 6.07) is 2.91. The Hall–Kier alpha value is -1.63. The van der Waals surface area contributed by atoms with Crippen molar-refractivity contribution in [3.63, 3.8) is 0 Å². The molecule has 0 aliphatic heterocycles. The van der Waals surface area contributed by atoms with Crippen LogP contribution in [0.1, 0.15) is 5.56 Å². The van der Waals surface area contributed by atoms with Crippen molar-refractivity contribution in [3.8, 4) is 5.75 Å². The van der Waals surface area contributed by atoms with E-state index in [4.69, 9.17) is 16.3 Å². The number of nitrogens with one attached hydrogen (secondary N) is 1. The number of halogens is 4. The van der Waals surface area contributed by atoms with Crippen LogP contribution in [-0.4, -0.2) is 26.0 Å². The molecule has 106 valence electrons. The minimum absolute atomic E-state index is 0.177. The molecule has 0 aromatic heterocycles. The van der Waals surface area contributed by atoms with Gasteiger partial charge in [-0.05, 0) is 18.6 Å². The number of hydrogen-bond acceptors (Lipinski definition) is 3. The standard InChI is InChI=1S/C11H11ClF3NO3/c1-6-3-8(9(18-2)4-7(6)12)16-10(17)19-5-11(13,14)15/h3-4H,5H2,1-2H3,(H,16,17). The zero-order valence-corrected chi connectivity index (χ0v) is 10.9. The van der Waals surface area contributed by atoms with Crippen molar-refractivity contribution in [2.24, 2.45) is 0 Å². The molecule has 0 atom stereocenters. The zero-order chi connectivity index (χ0) is 14.6. The highest BCUT2D eigenvalue weighted by Gasteiger charge is 2.29. The second-order valence-corrected chi connectivity index (χ2v) is 4.03. The Morgan fingerprint density at radius 2 is 2.05 bits per heavy atom. The molecule has 0 aliphatic rings. The topological polar surface area (TPSA) is 47.6 Å². The van der Waals surface area contributed by atoms with Gasteiger partial charge in [0.25, 0.3) is 0 Å². The first kappa shape index (κ1) is 15.4. The summed E-state index contributed by atoms with van der Waals surface area (Å²) < 4.78 is 44.6. The summed E-state index contributed by atoms with van der Waals surface area (Å²) in [6.07, 6.45) is -5.80. The summed E-state index contributed by atoms with van der Waals surface area (Å²) >= 11 is 5.85. The van der Waals surface area contributed by atoms with Gasteiger partial charge >= 0.3 is 12.3 Å². The molecule has 1 amide bonds. The van der Waals surface area contributed by atoms with Crippen LogP contribution in [0.5, 0.6) is 5.75 Å². The van der Waals surface area contributed by atoms with Gasteiger partial charge in [0.2, 0.25) is 0 Å². The maximum atomic E-state index is 11.9. The van der Waals surface area contributed by atoms with Crippen LogP contribution in [0.25, 0.3) is 0 Å². The second kappa shape index (κ2) is 6.01. The van der Waals surface area contributed by atoms with Gasteiger partial charge in [-0.2, -0.15) is 13.2 Å². The number of aryl methyl sites for hydroxylation is 1. The largest absolute Gasteiger partial charge is 0.495 e. The Morgan fingerprint density at radius 3 is 2.58 bits per heavy atom. The average molecular weight is 298 g/mol. The predicted molar refractivity (Wildman–Crippen MR) is 63.8 cm³/mol. The monoisotopic (exact) mass is 297 g/mol. The lowest BCUT2D eigenvalue weighted by Gasteiger charge is -2.13. The Bertz CT molecular complexity index is 477. The van der Waals surface area contributed by atoms with Gasteiger partial charge < -0.3 is 9.47 Å². The molecule has 0 aliphatic carbocycles. The SMILES string of the molecule is COc1cc(Cl)c(C)cc1NC(=O)OCC(F)(F)F. The molecule has 1 aromatic rings. The minimum atomic E-state index is -4.57. The molecule has 0 saturated carbocycles. The molecule has 0 spiro atoms. The third-order valence-electron chi connectivity index (χ3n) is 2.08. The van der Waals surface area contributed by atoms with Crippen LogP contribution in [0.4, 0.5) is 23.7 Å². The molecule has 0 heterocycles. The van der Waals surface area contributed by atoms with Gasteiger partial charge in [0.15, 0.2) is 6.61 Å². The van der Waals surface area contributed by atoms with Crippen LogP contribution < -0.4 is 10.1 Å². The van der Waals surface area contributed by atoms with E-state index in [9.17, 15) is 18.0 Å². The van der Waals surface area contributed by atoms with Crippen LogP contribution in [0.2, 0.25) is 5.02 Å². The fourth-order valence-electron chi connectivity index (χ4n) is 1.22. The van der Waals surface area contributed by atoms with Crippen molar-refractivity contribution in [2.45, 2.75) is 13.1 Å². The first-order valence-electron chi connectivity index (χ1n) is 5.07. The summed E-state index contributed by atoms with van der Waals surface area (Å²) in [6.45, 7) is 0.0156. The molecular weight excluding hydrogens is 287 g/mol. The number of rotatable bonds is 3. The van der Waals surface area contributed by atoms with Gasteiger partial charge in [-0.3, -0.25) is 5.32 Å². The highest BCUT2D eigenvalue weighted by atomic mass is 35.5. The molecule has 4 nitrogen and oxygen atoms in total. The van der Waals surface area contributed by atoms with Gasteiger partial charge in [0, 0.05) is 11.1 Å². The maximum Gasteiger partial charge on any atom is 0.422 e. The van der Waals surface area contributed by atoms with Crippen LogP contribution >= 0.6 is 11.6 Å². The number of amides is 1. The number of benzene rings is 1. The summed E-state index contributed by atoms with van der Waals surface area (Å²) in [4.78, 5) is 11.2. The molecule has 0 radical (unpaired) electrons. The molecule has 1 N–H and O–H groups in total. The van der Waals surface area contributed by atoms with E-state index >= 15 is 0 Å². The second-order valence-electron chi connectivity index (χ2n) is 3.62. The average Bonchev–Trinajstić information content (AvgIpc) is 2.30. The van der Waals surface area contributed by atoms with Gasteiger partial charge in [-0.15, -0.1) is 0 Å². The summed E-state index contributed by atoms with van der Waals surface area (Å²) in [5.41, 5.74) is 0.810. The number of carbonyl (C=O) groups excluding carboxylic acids is 1. The van der Waals surface area contributed by atoms with E-state index in [1.807, 2.05) is 0 Å². The lowest BCUT2D eigenvalue weighted by molar-refractivity contribution is -0.159. The zero-order valence-electron chi connectivity index (χ0n) is 10.1. The summed E-state index contributed by atoms with van der Waals surface area (Å²) in [5, 5.41) is 2.57. The highest BCUT2D eigenvalue weighted by Crippen LogP contribution is 2.31. The van der Waals surface area contributed by atoms with Gasteiger partial charge in [0.1, 0.15) is 5.75 Å². The van der Waals surface area contributed by atoms with E-state index in [0.29, 0.717) is 10.6 Å².